The van der Waals surface area contributed by atoms with Crippen LogP contribution in [0.1, 0.15) is 11.1 Å². The van der Waals surface area contributed by atoms with Crippen LogP contribution in [0.25, 0.3) is 22.0 Å². The Labute approximate surface area is 201 Å². The number of fused-ring (bicyclic) bond motifs is 1. The maximum absolute atomic E-state index is 10.6. The van der Waals surface area contributed by atoms with Gasteiger partial charge in [0.25, 0.3) is 0 Å². The number of thiazole rings is 1. The van der Waals surface area contributed by atoms with Crippen molar-refractivity contribution in [2.45, 2.75) is 6.54 Å². The average molecular weight is 466 g/mol. The Morgan fingerprint density at radius 2 is 1.68 bits per heavy atom. The van der Waals surface area contributed by atoms with Crippen LogP contribution < -0.4 is 9.54 Å². The molecule has 168 valence electrons. The number of methoxy groups -OCH3 is 1. The zero-order valence-electron chi connectivity index (χ0n) is 18.6. The van der Waals surface area contributed by atoms with Gasteiger partial charge in [-0.25, -0.2) is 4.68 Å². The minimum Gasteiger partial charge on any atom is -0.507 e. The van der Waals surface area contributed by atoms with Crippen molar-refractivity contribution in [3.8, 4) is 22.8 Å². The van der Waals surface area contributed by atoms with E-state index in [2.05, 4.69) is 12.1 Å². The lowest BCUT2D eigenvalue weighted by Gasteiger charge is -2.09. The van der Waals surface area contributed by atoms with Gasteiger partial charge >= 0.3 is 0 Å². The zero-order valence-corrected chi connectivity index (χ0v) is 19.4. The molecular weight excluding hydrogens is 442 g/mol. The molecule has 0 radical (unpaired) electrons. The molecule has 0 aliphatic carbocycles. The molecule has 1 heterocycles. The summed E-state index contributed by atoms with van der Waals surface area (Å²) in [4.78, 5) is 5.59. The normalized spacial score (nSPS) is 12.0. The number of ether oxygens (including phenoxy) is 1. The van der Waals surface area contributed by atoms with Crippen LogP contribution in [0, 0.1) is 0 Å². The number of para-hydroxylation sites is 1. The fourth-order valence-electron chi connectivity index (χ4n) is 3.84. The van der Waals surface area contributed by atoms with E-state index in [0.717, 1.165) is 38.1 Å². The number of benzene rings is 4. The maximum Gasteiger partial charge on any atom is 0.206 e. The molecule has 5 nitrogen and oxygen atoms in total. The van der Waals surface area contributed by atoms with Crippen molar-refractivity contribution in [1.29, 1.82) is 0 Å². The molecule has 0 saturated carbocycles. The van der Waals surface area contributed by atoms with Crippen LogP contribution in [0.4, 0.5) is 0 Å². The number of aromatic hydroxyl groups is 1. The highest BCUT2D eigenvalue weighted by Crippen LogP contribution is 2.30. The molecule has 0 bridgehead atoms. The molecule has 0 atom stereocenters. The smallest absolute Gasteiger partial charge is 0.206 e. The lowest BCUT2D eigenvalue weighted by Crippen LogP contribution is -2.12. The molecule has 0 unspecified atom stereocenters. The van der Waals surface area contributed by atoms with Crippen molar-refractivity contribution in [2.75, 3.05) is 7.11 Å². The van der Waals surface area contributed by atoms with Gasteiger partial charge in [-0.05, 0) is 34.5 Å². The molecular formula is C28H23N3O2S. The second-order valence-corrected chi connectivity index (χ2v) is 8.52. The summed E-state index contributed by atoms with van der Waals surface area (Å²) in [5, 5.41) is 19.4. The number of hydrogen-bond donors (Lipinski definition) is 1. The van der Waals surface area contributed by atoms with Crippen molar-refractivity contribution < 1.29 is 9.84 Å². The third-order valence-corrected chi connectivity index (χ3v) is 6.41. The molecule has 0 amide bonds. The highest BCUT2D eigenvalue weighted by molar-refractivity contribution is 7.07. The van der Waals surface area contributed by atoms with Crippen molar-refractivity contribution in [3.05, 3.63) is 112 Å². The summed E-state index contributed by atoms with van der Waals surface area (Å²) in [6.45, 7) is 0.543. The molecule has 6 heteroatoms. The van der Waals surface area contributed by atoms with Crippen molar-refractivity contribution in [3.63, 3.8) is 0 Å². The van der Waals surface area contributed by atoms with Gasteiger partial charge in [0.05, 0.1) is 25.6 Å². The third-order valence-electron chi connectivity index (χ3n) is 5.56. The first kappa shape index (κ1) is 21.7. The number of aromatic nitrogens is 1. The Kier molecular flexibility index (Phi) is 6.23. The second-order valence-electron chi connectivity index (χ2n) is 7.68. The Morgan fingerprint density at radius 1 is 0.912 bits per heavy atom. The van der Waals surface area contributed by atoms with Gasteiger partial charge in [-0.1, -0.05) is 72.8 Å². The minimum atomic E-state index is 0.180. The van der Waals surface area contributed by atoms with E-state index in [4.69, 9.17) is 14.8 Å². The van der Waals surface area contributed by atoms with Crippen LogP contribution in [0.2, 0.25) is 0 Å². The fourth-order valence-corrected chi connectivity index (χ4v) is 4.67. The summed E-state index contributed by atoms with van der Waals surface area (Å²) in [6, 6.07) is 29.5. The molecule has 5 rings (SSSR count). The fraction of sp³-hybridized carbons (Fsp3) is 0.0714. The number of nitrogens with zero attached hydrogens (tertiary/aromatic N) is 3. The number of phenolic OH excluding ortho intramolecular Hbond substituents is 1. The molecule has 0 aliphatic heterocycles. The van der Waals surface area contributed by atoms with Crippen LogP contribution >= 0.6 is 11.3 Å². The minimum absolute atomic E-state index is 0.180. The Hall–Kier alpha value is -4.16. The van der Waals surface area contributed by atoms with Crippen LogP contribution in [-0.4, -0.2) is 23.1 Å². The Bertz CT molecular complexity index is 1530. The van der Waals surface area contributed by atoms with E-state index in [-0.39, 0.29) is 5.75 Å². The molecule has 0 saturated heterocycles. The number of hydrogen-bond acceptors (Lipinski definition) is 5. The highest BCUT2D eigenvalue weighted by Gasteiger charge is 2.13. The van der Waals surface area contributed by atoms with E-state index in [1.165, 1.54) is 11.3 Å². The lowest BCUT2D eigenvalue weighted by molar-refractivity contribution is 0.416. The van der Waals surface area contributed by atoms with Crippen molar-refractivity contribution in [2.24, 2.45) is 10.1 Å². The number of rotatable bonds is 6. The summed E-state index contributed by atoms with van der Waals surface area (Å²) in [5.74, 6) is 0.937. The summed E-state index contributed by atoms with van der Waals surface area (Å²) >= 11 is 1.52. The van der Waals surface area contributed by atoms with E-state index in [1.54, 1.807) is 19.4 Å². The van der Waals surface area contributed by atoms with Gasteiger partial charge in [-0.3, -0.25) is 4.99 Å². The molecule has 0 aliphatic rings. The zero-order chi connectivity index (χ0) is 23.3. The topological polar surface area (TPSA) is 59.1 Å². The quantitative estimate of drug-likeness (QED) is 0.310. The Morgan fingerprint density at radius 3 is 2.53 bits per heavy atom. The van der Waals surface area contributed by atoms with Crippen molar-refractivity contribution >= 4 is 28.3 Å². The van der Waals surface area contributed by atoms with Crippen LogP contribution in [0.3, 0.4) is 0 Å². The van der Waals surface area contributed by atoms with E-state index < -0.39 is 0 Å². The predicted molar refractivity (Wildman–Crippen MR) is 139 cm³/mol. The first-order valence-corrected chi connectivity index (χ1v) is 11.8. The van der Waals surface area contributed by atoms with Gasteiger partial charge < -0.3 is 9.84 Å². The van der Waals surface area contributed by atoms with Crippen LogP contribution in [-0.2, 0) is 6.54 Å². The molecule has 5 aromatic rings. The SMILES string of the molecule is COc1ccccc1-c1csc(=NCc2ccccc2)n1N=Cc1c(O)ccc2ccccc12. The van der Waals surface area contributed by atoms with Gasteiger partial charge in [0.15, 0.2) is 0 Å². The first-order chi connectivity index (χ1) is 16.7. The van der Waals surface area contributed by atoms with Gasteiger partial charge in [0.2, 0.25) is 4.80 Å². The molecule has 1 aromatic heterocycles. The third kappa shape index (κ3) is 4.36. The van der Waals surface area contributed by atoms with Gasteiger partial charge in [-0.2, -0.15) is 5.10 Å². The summed E-state index contributed by atoms with van der Waals surface area (Å²) in [7, 11) is 1.66. The Balaban J connectivity index is 1.65. The summed E-state index contributed by atoms with van der Waals surface area (Å²) < 4.78 is 7.41. The maximum atomic E-state index is 10.6. The van der Waals surface area contributed by atoms with E-state index in [9.17, 15) is 5.11 Å². The van der Waals surface area contributed by atoms with Gasteiger partial charge in [-0.15, -0.1) is 11.3 Å². The molecule has 34 heavy (non-hydrogen) atoms. The van der Waals surface area contributed by atoms with E-state index >= 15 is 0 Å². The number of phenols is 1. The lowest BCUT2D eigenvalue weighted by atomic mass is 10.0. The largest absolute Gasteiger partial charge is 0.507 e. The second kappa shape index (κ2) is 9.77. The molecule has 0 spiro atoms. The monoisotopic (exact) mass is 465 g/mol. The molecule has 0 fully saturated rings. The predicted octanol–water partition coefficient (Wildman–Crippen LogP) is 6.07. The standard InChI is InChI=1S/C28H23N3O2S/c1-33-27-14-8-7-13-23(27)25-19-34-28(29-17-20-9-3-2-4-10-20)31(25)30-18-24-22-12-6-5-11-21(22)15-16-26(24)32/h2-16,18-19,32H,17H2,1H3. The van der Waals surface area contributed by atoms with Crippen LogP contribution in [0.5, 0.6) is 11.5 Å². The molecule has 1 N–H and O–H groups in total. The van der Waals surface area contributed by atoms with Gasteiger partial charge in [0.1, 0.15) is 11.5 Å². The van der Waals surface area contributed by atoms with Crippen LogP contribution in [0.15, 0.2) is 106 Å². The summed E-state index contributed by atoms with van der Waals surface area (Å²) in [6.07, 6.45) is 1.70. The first-order valence-electron chi connectivity index (χ1n) is 10.9. The average Bonchev–Trinajstić information content (AvgIpc) is 3.30. The molecule has 4 aromatic carbocycles. The van der Waals surface area contributed by atoms with Crippen molar-refractivity contribution in [1.82, 2.24) is 4.68 Å². The highest BCUT2D eigenvalue weighted by atomic mass is 32.1. The van der Waals surface area contributed by atoms with E-state index in [1.807, 2.05) is 82.9 Å². The van der Waals surface area contributed by atoms with E-state index in [0.29, 0.717) is 12.1 Å². The van der Waals surface area contributed by atoms with Gasteiger partial charge in [0, 0.05) is 16.5 Å². The summed E-state index contributed by atoms with van der Waals surface area (Å²) in [5.41, 5.74) is 3.57.